The molecule has 1 heterocycles. The first-order valence-electron chi connectivity index (χ1n) is 6.41. The second-order valence-corrected chi connectivity index (χ2v) is 6.83. The molecule has 2 unspecified atom stereocenters. The Morgan fingerprint density at radius 3 is 2.88 bits per heavy atom. The summed E-state index contributed by atoms with van der Waals surface area (Å²) in [5, 5.41) is 2.90. The van der Waals surface area contributed by atoms with Crippen molar-refractivity contribution in [3.05, 3.63) is 0 Å². The van der Waals surface area contributed by atoms with Crippen molar-refractivity contribution in [2.45, 2.75) is 37.8 Å². The van der Waals surface area contributed by atoms with Gasteiger partial charge >= 0.3 is 0 Å². The molecule has 0 aromatic heterocycles. The molecule has 6 heteroatoms. The van der Waals surface area contributed by atoms with Crippen LogP contribution in [-0.2, 0) is 14.8 Å². The summed E-state index contributed by atoms with van der Waals surface area (Å²) in [5.41, 5.74) is 0. The molecule has 5 nitrogen and oxygen atoms in total. The quantitative estimate of drug-likeness (QED) is 0.785. The third-order valence-corrected chi connectivity index (χ3v) is 5.54. The molecule has 0 radical (unpaired) electrons. The number of ether oxygens (including phenoxy) is 1. The number of nitrogens with zero attached hydrogens (tertiary/aromatic N) is 1. The largest absolute Gasteiger partial charge is 0.375 e. The molecule has 1 aliphatic carbocycles. The summed E-state index contributed by atoms with van der Waals surface area (Å²) in [4.78, 5) is 0. The fraction of sp³-hybridized carbons (Fsp3) is 1.00. The third kappa shape index (κ3) is 2.99. The first kappa shape index (κ1) is 13.3. The summed E-state index contributed by atoms with van der Waals surface area (Å²) in [6.45, 7) is 1.57. The number of sulfonamides is 1. The van der Waals surface area contributed by atoms with E-state index in [2.05, 4.69) is 5.32 Å². The van der Waals surface area contributed by atoms with E-state index in [1.54, 1.807) is 11.4 Å². The van der Waals surface area contributed by atoms with Crippen LogP contribution in [0.3, 0.4) is 0 Å². The lowest BCUT2D eigenvalue weighted by atomic mass is 9.91. The summed E-state index contributed by atoms with van der Waals surface area (Å²) in [7, 11) is -1.35. The fourth-order valence-corrected chi connectivity index (χ4v) is 4.46. The molecule has 0 aromatic rings. The van der Waals surface area contributed by atoms with Gasteiger partial charge in [0.05, 0.1) is 24.5 Å². The Labute approximate surface area is 104 Å². The molecule has 2 aliphatic rings. The average molecular weight is 262 g/mol. The van der Waals surface area contributed by atoms with Gasteiger partial charge in [-0.2, -0.15) is 4.31 Å². The van der Waals surface area contributed by atoms with Crippen LogP contribution < -0.4 is 5.32 Å². The lowest BCUT2D eigenvalue weighted by Crippen LogP contribution is -2.55. The minimum Gasteiger partial charge on any atom is -0.375 e. The molecule has 0 bridgehead atoms. The lowest BCUT2D eigenvalue weighted by Gasteiger charge is -2.42. The summed E-state index contributed by atoms with van der Waals surface area (Å²) >= 11 is 0. The van der Waals surface area contributed by atoms with Crippen LogP contribution >= 0.6 is 0 Å². The van der Waals surface area contributed by atoms with Gasteiger partial charge in [-0.1, -0.05) is 12.8 Å². The molecule has 2 atom stereocenters. The second kappa shape index (κ2) is 5.65. The Morgan fingerprint density at radius 2 is 2.12 bits per heavy atom. The van der Waals surface area contributed by atoms with Crippen LogP contribution in [0.4, 0.5) is 0 Å². The predicted octanol–water partition coefficient (Wildman–Crippen LogP) is 0.179. The van der Waals surface area contributed by atoms with Crippen molar-refractivity contribution < 1.29 is 13.2 Å². The SMILES string of the molecule is CNCCS(=O)(=O)N1CCOC2CCCCC21. The maximum atomic E-state index is 12.2. The topological polar surface area (TPSA) is 58.6 Å². The maximum Gasteiger partial charge on any atom is 0.215 e. The van der Waals surface area contributed by atoms with Crippen molar-refractivity contribution in [2.75, 3.05) is 32.5 Å². The van der Waals surface area contributed by atoms with E-state index < -0.39 is 10.0 Å². The Balaban J connectivity index is 2.07. The van der Waals surface area contributed by atoms with Gasteiger partial charge in [0.25, 0.3) is 0 Å². The molecular weight excluding hydrogens is 240 g/mol. The van der Waals surface area contributed by atoms with E-state index >= 15 is 0 Å². The average Bonchev–Trinajstić information content (AvgIpc) is 2.36. The van der Waals surface area contributed by atoms with Gasteiger partial charge in [0, 0.05) is 13.1 Å². The number of morpholine rings is 1. The first-order chi connectivity index (χ1) is 8.15. The molecule has 1 saturated heterocycles. The van der Waals surface area contributed by atoms with E-state index in [4.69, 9.17) is 4.74 Å². The van der Waals surface area contributed by atoms with Crippen LogP contribution in [0.15, 0.2) is 0 Å². The highest BCUT2D eigenvalue weighted by Crippen LogP contribution is 2.30. The van der Waals surface area contributed by atoms with Crippen molar-refractivity contribution in [1.82, 2.24) is 9.62 Å². The number of hydrogen-bond acceptors (Lipinski definition) is 4. The third-order valence-electron chi connectivity index (χ3n) is 3.65. The van der Waals surface area contributed by atoms with E-state index in [9.17, 15) is 8.42 Å². The zero-order valence-corrected chi connectivity index (χ0v) is 11.2. The minimum absolute atomic E-state index is 0.0827. The number of hydrogen-bond donors (Lipinski definition) is 1. The zero-order valence-electron chi connectivity index (χ0n) is 10.4. The van der Waals surface area contributed by atoms with E-state index in [1.165, 1.54) is 0 Å². The molecule has 0 aromatic carbocycles. The van der Waals surface area contributed by atoms with Gasteiger partial charge in [0.1, 0.15) is 0 Å². The van der Waals surface area contributed by atoms with Crippen molar-refractivity contribution >= 4 is 10.0 Å². The molecular formula is C11H22N2O3S. The van der Waals surface area contributed by atoms with Gasteiger partial charge in [0.2, 0.25) is 10.0 Å². The summed E-state index contributed by atoms with van der Waals surface area (Å²) in [6.07, 6.45) is 4.35. The van der Waals surface area contributed by atoms with Crippen molar-refractivity contribution in [3.8, 4) is 0 Å². The van der Waals surface area contributed by atoms with E-state index in [0.29, 0.717) is 19.7 Å². The highest BCUT2D eigenvalue weighted by atomic mass is 32.2. The van der Waals surface area contributed by atoms with Crippen LogP contribution in [0, 0.1) is 0 Å². The molecule has 2 rings (SSSR count). The smallest absolute Gasteiger partial charge is 0.215 e. The Kier molecular flexibility index (Phi) is 4.41. The molecule has 17 heavy (non-hydrogen) atoms. The van der Waals surface area contributed by atoms with Crippen LogP contribution in [0.1, 0.15) is 25.7 Å². The highest BCUT2D eigenvalue weighted by molar-refractivity contribution is 7.89. The number of fused-ring (bicyclic) bond motifs is 1. The van der Waals surface area contributed by atoms with Gasteiger partial charge in [-0.15, -0.1) is 0 Å². The van der Waals surface area contributed by atoms with Crippen molar-refractivity contribution in [2.24, 2.45) is 0 Å². The fourth-order valence-electron chi connectivity index (χ4n) is 2.75. The lowest BCUT2D eigenvalue weighted by molar-refractivity contribution is -0.0585. The molecule has 100 valence electrons. The molecule has 0 amide bonds. The van der Waals surface area contributed by atoms with E-state index in [-0.39, 0.29) is 17.9 Å². The van der Waals surface area contributed by atoms with E-state index in [0.717, 1.165) is 25.7 Å². The number of rotatable bonds is 4. The molecule has 0 spiro atoms. The van der Waals surface area contributed by atoms with Gasteiger partial charge in [-0.3, -0.25) is 0 Å². The van der Waals surface area contributed by atoms with Gasteiger partial charge in [0.15, 0.2) is 0 Å². The van der Waals surface area contributed by atoms with Gasteiger partial charge < -0.3 is 10.1 Å². The first-order valence-corrected chi connectivity index (χ1v) is 8.02. The standard InChI is InChI=1S/C11H22N2O3S/c1-12-6-9-17(14,15)13-7-8-16-11-5-3-2-4-10(11)13/h10-12H,2-9H2,1H3. The van der Waals surface area contributed by atoms with E-state index in [1.807, 2.05) is 0 Å². The minimum atomic E-state index is -3.13. The predicted molar refractivity (Wildman–Crippen MR) is 66.4 cm³/mol. The van der Waals surface area contributed by atoms with Crippen molar-refractivity contribution in [1.29, 1.82) is 0 Å². The maximum absolute atomic E-state index is 12.2. The molecule has 1 N–H and O–H groups in total. The van der Waals surface area contributed by atoms with Crippen LogP contribution in [0.5, 0.6) is 0 Å². The Hall–Kier alpha value is -0.170. The molecule has 2 fully saturated rings. The second-order valence-electron chi connectivity index (χ2n) is 4.79. The highest BCUT2D eigenvalue weighted by Gasteiger charge is 2.39. The normalized spacial score (nSPS) is 31.1. The van der Waals surface area contributed by atoms with Crippen molar-refractivity contribution in [3.63, 3.8) is 0 Å². The molecule has 1 aliphatic heterocycles. The Morgan fingerprint density at radius 1 is 1.35 bits per heavy atom. The van der Waals surface area contributed by atoms with Gasteiger partial charge in [-0.25, -0.2) is 8.42 Å². The van der Waals surface area contributed by atoms with Crippen LogP contribution in [-0.4, -0.2) is 57.4 Å². The Bertz CT molecular complexity index is 343. The summed E-state index contributed by atoms with van der Waals surface area (Å²) < 4.78 is 31.8. The van der Waals surface area contributed by atoms with Crippen LogP contribution in [0.25, 0.3) is 0 Å². The summed E-state index contributed by atoms with van der Waals surface area (Å²) in [6, 6.07) is 0.0827. The molecule has 1 saturated carbocycles. The summed E-state index contributed by atoms with van der Waals surface area (Å²) in [5.74, 6) is 0.187. The number of nitrogens with one attached hydrogen (secondary N) is 1. The zero-order chi connectivity index (χ0) is 12.3. The van der Waals surface area contributed by atoms with Gasteiger partial charge in [-0.05, 0) is 19.9 Å². The van der Waals surface area contributed by atoms with Crippen LogP contribution in [0.2, 0.25) is 0 Å². The monoisotopic (exact) mass is 262 g/mol.